The van der Waals surface area contributed by atoms with Crippen LogP contribution in [0, 0.1) is 12.8 Å². The van der Waals surface area contributed by atoms with Gasteiger partial charge in [-0.05, 0) is 73.7 Å². The number of ether oxygens (including phenoxy) is 2. The summed E-state index contributed by atoms with van der Waals surface area (Å²) in [5, 5.41) is 7.18. The minimum Gasteiger partial charge on any atom is -0.456 e. The first-order chi connectivity index (χ1) is 18.5. The second-order valence-corrected chi connectivity index (χ2v) is 10.5. The maximum atomic E-state index is 13.3. The zero-order valence-corrected chi connectivity index (χ0v) is 22.0. The number of hydrogen-bond acceptors (Lipinski definition) is 5. The summed E-state index contributed by atoms with van der Waals surface area (Å²) in [5.74, 6) is 1.70. The van der Waals surface area contributed by atoms with E-state index in [1.54, 1.807) is 0 Å². The number of fused-ring (bicyclic) bond motifs is 6. The van der Waals surface area contributed by atoms with Crippen LogP contribution in [0.1, 0.15) is 59.3 Å². The van der Waals surface area contributed by atoms with Crippen molar-refractivity contribution in [2.75, 3.05) is 17.2 Å². The van der Waals surface area contributed by atoms with Gasteiger partial charge in [-0.25, -0.2) is 4.79 Å². The highest BCUT2D eigenvalue weighted by Crippen LogP contribution is 2.58. The molecular weight excluding hydrogens is 472 g/mol. The molecule has 38 heavy (non-hydrogen) atoms. The molecule has 6 rings (SSSR count). The summed E-state index contributed by atoms with van der Waals surface area (Å²) < 4.78 is 13.0. The summed E-state index contributed by atoms with van der Waals surface area (Å²) in [6, 6.07) is 27.9. The molecule has 0 bridgehead atoms. The van der Waals surface area contributed by atoms with Crippen LogP contribution in [0.5, 0.6) is 11.5 Å². The molecule has 0 aromatic heterocycles. The van der Waals surface area contributed by atoms with Gasteiger partial charge in [-0.2, -0.15) is 0 Å². The average Bonchev–Trinajstić information content (AvgIpc) is 3.20. The highest BCUT2D eigenvalue weighted by Gasteiger charge is 2.54. The lowest BCUT2D eigenvalue weighted by atomic mass is 9.76. The minimum atomic E-state index is -1.13. The first-order valence-electron chi connectivity index (χ1n) is 13.3. The average molecular weight is 505 g/mol. The Morgan fingerprint density at radius 1 is 0.842 bits per heavy atom. The third kappa shape index (κ3) is 3.99. The van der Waals surface area contributed by atoms with Crippen LogP contribution in [-0.4, -0.2) is 12.5 Å². The fourth-order valence-corrected chi connectivity index (χ4v) is 5.57. The molecule has 1 unspecified atom stereocenters. The monoisotopic (exact) mass is 504 g/mol. The molecule has 0 fully saturated rings. The Morgan fingerprint density at radius 2 is 1.63 bits per heavy atom. The van der Waals surface area contributed by atoms with E-state index in [4.69, 9.17) is 9.47 Å². The van der Waals surface area contributed by atoms with Gasteiger partial charge >= 0.3 is 5.97 Å². The van der Waals surface area contributed by atoms with Gasteiger partial charge in [-0.1, -0.05) is 56.3 Å². The third-order valence-electron chi connectivity index (χ3n) is 7.40. The highest BCUT2D eigenvalue weighted by molar-refractivity contribution is 5.97. The summed E-state index contributed by atoms with van der Waals surface area (Å²) in [6.45, 7) is 7.35. The van der Waals surface area contributed by atoms with E-state index in [-0.39, 0.29) is 5.97 Å². The standard InChI is InChI=1S/C33H32N2O3/c1-21(2)11-10-18-34-27-16-9-17-29-31(27)33(25-15-8-7-14-24(25)32(36)38-33)26-20-28(22(3)19-30(26)37-29)35-23-12-5-4-6-13-23/h4-9,12-17,19-21,34-35H,10-11,18H2,1-3H3. The van der Waals surface area contributed by atoms with E-state index in [1.165, 1.54) is 0 Å². The van der Waals surface area contributed by atoms with E-state index >= 15 is 0 Å². The van der Waals surface area contributed by atoms with Crippen molar-refractivity contribution >= 4 is 23.0 Å². The van der Waals surface area contributed by atoms with Crippen LogP contribution in [-0.2, 0) is 10.3 Å². The fraction of sp³-hybridized carbons (Fsp3) is 0.242. The number of carbonyl (C=O) groups is 1. The van der Waals surface area contributed by atoms with Crippen LogP contribution in [0.4, 0.5) is 17.1 Å². The van der Waals surface area contributed by atoms with E-state index < -0.39 is 5.60 Å². The number of anilines is 3. The van der Waals surface area contributed by atoms with Crippen molar-refractivity contribution < 1.29 is 14.3 Å². The number of carbonyl (C=O) groups excluding carboxylic acids is 1. The lowest BCUT2D eigenvalue weighted by Gasteiger charge is -2.38. The van der Waals surface area contributed by atoms with Crippen LogP contribution in [0.3, 0.4) is 0 Å². The van der Waals surface area contributed by atoms with Gasteiger partial charge in [0.15, 0.2) is 5.60 Å². The van der Waals surface area contributed by atoms with Crippen LogP contribution >= 0.6 is 0 Å². The van der Waals surface area contributed by atoms with Crippen molar-refractivity contribution in [2.24, 2.45) is 5.92 Å². The zero-order valence-electron chi connectivity index (χ0n) is 22.0. The van der Waals surface area contributed by atoms with Crippen LogP contribution < -0.4 is 15.4 Å². The van der Waals surface area contributed by atoms with Gasteiger partial charge in [0, 0.05) is 34.7 Å². The van der Waals surface area contributed by atoms with Gasteiger partial charge < -0.3 is 20.1 Å². The molecular formula is C33H32N2O3. The van der Waals surface area contributed by atoms with Gasteiger partial charge in [-0.3, -0.25) is 0 Å². The Balaban J connectivity index is 1.53. The third-order valence-corrected chi connectivity index (χ3v) is 7.40. The molecule has 2 aliphatic heterocycles. The van der Waals surface area contributed by atoms with Crippen molar-refractivity contribution in [1.82, 2.24) is 0 Å². The fourth-order valence-electron chi connectivity index (χ4n) is 5.57. The molecule has 192 valence electrons. The number of nitrogens with one attached hydrogen (secondary N) is 2. The van der Waals surface area contributed by atoms with Gasteiger partial charge in [0.25, 0.3) is 0 Å². The van der Waals surface area contributed by atoms with Crippen LogP contribution in [0.25, 0.3) is 0 Å². The second-order valence-electron chi connectivity index (χ2n) is 10.5. The number of esters is 1. The van der Waals surface area contributed by atoms with E-state index in [0.717, 1.165) is 58.7 Å². The van der Waals surface area contributed by atoms with E-state index in [1.807, 2.05) is 72.8 Å². The number of para-hydroxylation sites is 1. The first-order valence-corrected chi connectivity index (χ1v) is 13.3. The number of hydrogen-bond donors (Lipinski definition) is 2. The molecule has 2 N–H and O–H groups in total. The molecule has 4 aromatic rings. The van der Waals surface area contributed by atoms with Gasteiger partial charge in [0.2, 0.25) is 0 Å². The summed E-state index contributed by atoms with van der Waals surface area (Å²) in [7, 11) is 0. The summed E-state index contributed by atoms with van der Waals surface area (Å²) in [6.07, 6.45) is 2.19. The molecule has 1 spiro atoms. The molecule has 1 atom stereocenters. The van der Waals surface area contributed by atoms with Gasteiger partial charge in [-0.15, -0.1) is 0 Å². The lowest BCUT2D eigenvalue weighted by molar-refractivity contribution is 0.0227. The summed E-state index contributed by atoms with van der Waals surface area (Å²) in [5.41, 5.74) is 5.81. The van der Waals surface area contributed by atoms with Crippen molar-refractivity contribution in [1.29, 1.82) is 0 Å². The Labute approximate surface area is 223 Å². The Hall–Kier alpha value is -4.25. The second kappa shape index (κ2) is 9.56. The Kier molecular flexibility index (Phi) is 6.07. The number of aryl methyl sites for hydroxylation is 1. The van der Waals surface area contributed by atoms with Crippen LogP contribution in [0.15, 0.2) is 84.9 Å². The molecule has 4 aromatic carbocycles. The SMILES string of the molecule is Cc1cc2c(cc1Nc1ccccc1)C1(OC(=O)c3ccccc31)c1c(NCCCC(C)C)cccc1O2. The molecule has 0 saturated heterocycles. The van der Waals surface area contributed by atoms with E-state index in [0.29, 0.717) is 23.0 Å². The molecule has 0 aliphatic carbocycles. The number of benzene rings is 4. The predicted molar refractivity (Wildman–Crippen MR) is 152 cm³/mol. The zero-order chi connectivity index (χ0) is 26.3. The smallest absolute Gasteiger partial charge is 0.340 e. The molecule has 5 nitrogen and oxygen atoms in total. The minimum absolute atomic E-state index is 0.327. The molecule has 2 heterocycles. The molecule has 0 amide bonds. The van der Waals surface area contributed by atoms with Crippen molar-refractivity contribution in [2.45, 2.75) is 39.2 Å². The van der Waals surface area contributed by atoms with Gasteiger partial charge in [0.1, 0.15) is 11.5 Å². The van der Waals surface area contributed by atoms with E-state index in [9.17, 15) is 4.79 Å². The summed E-state index contributed by atoms with van der Waals surface area (Å²) >= 11 is 0. The van der Waals surface area contributed by atoms with Crippen molar-refractivity contribution in [3.8, 4) is 11.5 Å². The van der Waals surface area contributed by atoms with Crippen LogP contribution in [0.2, 0.25) is 0 Å². The largest absolute Gasteiger partial charge is 0.456 e. The number of rotatable bonds is 7. The predicted octanol–water partition coefficient (Wildman–Crippen LogP) is 8.15. The van der Waals surface area contributed by atoms with Crippen molar-refractivity contribution in [3.63, 3.8) is 0 Å². The molecule has 2 aliphatic rings. The maximum Gasteiger partial charge on any atom is 0.340 e. The highest BCUT2D eigenvalue weighted by atomic mass is 16.6. The quantitative estimate of drug-likeness (QED) is 0.196. The van der Waals surface area contributed by atoms with E-state index in [2.05, 4.69) is 43.5 Å². The normalized spacial score (nSPS) is 16.9. The van der Waals surface area contributed by atoms with Gasteiger partial charge in [0.05, 0.1) is 11.1 Å². The topological polar surface area (TPSA) is 59.6 Å². The molecule has 5 heteroatoms. The lowest BCUT2D eigenvalue weighted by Crippen LogP contribution is -2.34. The molecule has 0 radical (unpaired) electrons. The first kappa shape index (κ1) is 24.1. The maximum absolute atomic E-state index is 13.3. The molecule has 0 saturated carbocycles. The summed E-state index contributed by atoms with van der Waals surface area (Å²) in [4.78, 5) is 13.3. The van der Waals surface area contributed by atoms with Crippen molar-refractivity contribution in [3.05, 3.63) is 113 Å². The Morgan fingerprint density at radius 3 is 2.45 bits per heavy atom. The Bertz CT molecular complexity index is 1510.